The number of halogens is 1. The Bertz CT molecular complexity index is 748. The van der Waals surface area contributed by atoms with E-state index >= 15 is 0 Å². The molecule has 2 aromatic carbocycles. The number of nitro groups is 1. The van der Waals surface area contributed by atoms with E-state index in [1.807, 2.05) is 0 Å². The van der Waals surface area contributed by atoms with Gasteiger partial charge in [0, 0.05) is 11.8 Å². The number of hydrogen-bond acceptors (Lipinski definition) is 5. The molecule has 22 heavy (non-hydrogen) atoms. The van der Waals surface area contributed by atoms with Crippen molar-refractivity contribution in [2.75, 3.05) is 5.73 Å². The number of nitrogen functional groups attached to an aromatic ring is 1. The number of aliphatic carboxylic acids is 1. The Hall–Kier alpha value is -3.16. The second kappa shape index (κ2) is 6.08. The number of nitrogens with zero attached hydrogens (tertiary/aromatic N) is 1. The van der Waals surface area contributed by atoms with E-state index in [9.17, 15) is 19.3 Å². The Morgan fingerprint density at radius 2 is 1.95 bits per heavy atom. The first-order valence-corrected chi connectivity index (χ1v) is 6.09. The zero-order valence-electron chi connectivity index (χ0n) is 11.2. The van der Waals surface area contributed by atoms with Crippen molar-refractivity contribution in [3.8, 4) is 11.5 Å². The van der Waals surface area contributed by atoms with E-state index in [1.54, 1.807) is 0 Å². The molecule has 114 valence electrons. The molecule has 7 nitrogen and oxygen atoms in total. The van der Waals surface area contributed by atoms with Gasteiger partial charge in [0.05, 0.1) is 11.3 Å². The van der Waals surface area contributed by atoms with Crippen molar-refractivity contribution in [3.05, 3.63) is 57.9 Å². The molecule has 8 heteroatoms. The maximum Gasteiger partial charge on any atom is 0.313 e. The van der Waals surface area contributed by atoms with Gasteiger partial charge in [0.1, 0.15) is 0 Å². The van der Waals surface area contributed by atoms with Crippen LogP contribution in [0.5, 0.6) is 11.5 Å². The minimum absolute atomic E-state index is 0.163. The van der Waals surface area contributed by atoms with Crippen molar-refractivity contribution in [1.29, 1.82) is 0 Å². The van der Waals surface area contributed by atoms with E-state index in [2.05, 4.69) is 0 Å². The smallest absolute Gasteiger partial charge is 0.313 e. The normalized spacial score (nSPS) is 10.2. The van der Waals surface area contributed by atoms with E-state index in [4.69, 9.17) is 15.6 Å². The van der Waals surface area contributed by atoms with Gasteiger partial charge in [-0.05, 0) is 29.8 Å². The van der Waals surface area contributed by atoms with Gasteiger partial charge in [-0.1, -0.05) is 6.07 Å². The van der Waals surface area contributed by atoms with Crippen LogP contribution in [0.2, 0.25) is 0 Å². The van der Waals surface area contributed by atoms with E-state index in [0.717, 1.165) is 12.1 Å². The maximum atomic E-state index is 13.9. The molecule has 0 saturated heterocycles. The largest absolute Gasteiger partial charge is 0.481 e. The zero-order chi connectivity index (χ0) is 16.3. The molecule has 2 rings (SSSR count). The number of carboxylic acid groups (broad SMARTS) is 1. The van der Waals surface area contributed by atoms with Gasteiger partial charge >= 0.3 is 11.7 Å². The van der Waals surface area contributed by atoms with Gasteiger partial charge in [0.25, 0.3) is 0 Å². The SMILES string of the molecule is Nc1ccc(Oc2ccc(CC(=O)O)cc2F)c([N+](=O)[O-])c1. The van der Waals surface area contributed by atoms with Crippen LogP contribution in [-0.2, 0) is 11.2 Å². The molecule has 0 saturated carbocycles. The second-order valence-electron chi connectivity index (χ2n) is 4.42. The van der Waals surface area contributed by atoms with Gasteiger partial charge in [0.2, 0.25) is 5.75 Å². The molecule has 0 aliphatic heterocycles. The fourth-order valence-corrected chi connectivity index (χ4v) is 1.79. The number of nitrogens with two attached hydrogens (primary N) is 1. The highest BCUT2D eigenvalue weighted by Crippen LogP contribution is 2.34. The van der Waals surface area contributed by atoms with E-state index in [0.29, 0.717) is 0 Å². The third-order valence-corrected chi connectivity index (χ3v) is 2.75. The number of rotatable bonds is 5. The van der Waals surface area contributed by atoms with Crippen molar-refractivity contribution in [1.82, 2.24) is 0 Å². The number of carboxylic acids is 1. The highest BCUT2D eigenvalue weighted by molar-refractivity contribution is 5.70. The van der Waals surface area contributed by atoms with E-state index in [-0.39, 0.29) is 29.2 Å². The Balaban J connectivity index is 2.31. The van der Waals surface area contributed by atoms with Crippen LogP contribution in [0, 0.1) is 15.9 Å². The highest BCUT2D eigenvalue weighted by atomic mass is 19.1. The Labute approximate surface area is 123 Å². The minimum Gasteiger partial charge on any atom is -0.481 e. The molecule has 0 heterocycles. The van der Waals surface area contributed by atoms with Crippen LogP contribution in [0.3, 0.4) is 0 Å². The standard InChI is InChI=1S/C14H11FN2O5/c15-10-5-8(6-14(18)19)1-3-12(10)22-13-4-2-9(16)7-11(13)17(20)21/h1-5,7H,6,16H2,(H,18,19). The van der Waals surface area contributed by atoms with E-state index in [1.165, 1.54) is 24.3 Å². The molecule has 0 aromatic heterocycles. The van der Waals surface area contributed by atoms with Crippen LogP contribution < -0.4 is 10.5 Å². The van der Waals surface area contributed by atoms with Crippen LogP contribution in [0.25, 0.3) is 0 Å². The third-order valence-electron chi connectivity index (χ3n) is 2.75. The van der Waals surface area contributed by atoms with Gasteiger partial charge < -0.3 is 15.6 Å². The van der Waals surface area contributed by atoms with Crippen molar-refractivity contribution in [2.45, 2.75) is 6.42 Å². The maximum absolute atomic E-state index is 13.9. The summed E-state index contributed by atoms with van der Waals surface area (Å²) in [4.78, 5) is 20.8. The number of nitro benzene ring substituents is 1. The van der Waals surface area contributed by atoms with Gasteiger partial charge in [0.15, 0.2) is 11.6 Å². The van der Waals surface area contributed by atoms with Crippen LogP contribution in [0.1, 0.15) is 5.56 Å². The first kappa shape index (κ1) is 15.2. The predicted octanol–water partition coefficient (Wildman–Crippen LogP) is 2.74. The molecular weight excluding hydrogens is 295 g/mol. The summed E-state index contributed by atoms with van der Waals surface area (Å²) in [5.41, 5.74) is 5.50. The third kappa shape index (κ3) is 3.48. The van der Waals surface area contributed by atoms with Gasteiger partial charge in [-0.25, -0.2) is 4.39 Å². The van der Waals surface area contributed by atoms with E-state index < -0.39 is 22.4 Å². The summed E-state index contributed by atoms with van der Waals surface area (Å²) in [5.74, 6) is -2.32. The summed E-state index contributed by atoms with van der Waals surface area (Å²) in [6.07, 6.45) is -0.334. The van der Waals surface area contributed by atoms with Gasteiger partial charge in [-0.2, -0.15) is 0 Å². The number of anilines is 1. The summed E-state index contributed by atoms with van der Waals surface area (Å²) in [7, 11) is 0. The van der Waals surface area contributed by atoms with Crippen LogP contribution >= 0.6 is 0 Å². The summed E-state index contributed by atoms with van der Waals surface area (Å²) in [5, 5.41) is 19.6. The second-order valence-corrected chi connectivity index (χ2v) is 4.42. The monoisotopic (exact) mass is 306 g/mol. The molecule has 0 atom stereocenters. The predicted molar refractivity (Wildman–Crippen MR) is 75.3 cm³/mol. The first-order chi connectivity index (χ1) is 10.4. The summed E-state index contributed by atoms with van der Waals surface area (Å²) >= 11 is 0. The van der Waals surface area contributed by atoms with Gasteiger partial charge in [-0.3, -0.25) is 14.9 Å². The van der Waals surface area contributed by atoms with Crippen molar-refractivity contribution < 1.29 is 24.0 Å². The number of benzene rings is 2. The average Bonchev–Trinajstić information content (AvgIpc) is 2.42. The summed E-state index contributed by atoms with van der Waals surface area (Å²) in [6.45, 7) is 0. The lowest BCUT2D eigenvalue weighted by atomic mass is 10.1. The fourth-order valence-electron chi connectivity index (χ4n) is 1.79. The Morgan fingerprint density at radius 3 is 2.55 bits per heavy atom. The molecule has 0 unspecified atom stereocenters. The summed E-state index contributed by atoms with van der Waals surface area (Å²) < 4.78 is 19.1. The molecule has 0 bridgehead atoms. The number of carbonyl (C=O) groups is 1. The zero-order valence-corrected chi connectivity index (χ0v) is 11.2. The molecular formula is C14H11FN2O5. The lowest BCUT2D eigenvalue weighted by Gasteiger charge is -2.08. The molecule has 0 radical (unpaired) electrons. The molecule has 0 spiro atoms. The molecule has 0 aliphatic carbocycles. The Morgan fingerprint density at radius 1 is 1.27 bits per heavy atom. The fraction of sp³-hybridized carbons (Fsp3) is 0.0714. The Kier molecular flexibility index (Phi) is 4.21. The molecule has 0 fully saturated rings. The lowest BCUT2D eigenvalue weighted by molar-refractivity contribution is -0.385. The van der Waals surface area contributed by atoms with Crippen LogP contribution in [-0.4, -0.2) is 16.0 Å². The molecule has 2 aromatic rings. The average molecular weight is 306 g/mol. The van der Waals surface area contributed by atoms with Crippen molar-refractivity contribution >= 4 is 17.3 Å². The van der Waals surface area contributed by atoms with Crippen LogP contribution in [0.15, 0.2) is 36.4 Å². The quantitative estimate of drug-likeness (QED) is 0.498. The van der Waals surface area contributed by atoms with Gasteiger partial charge in [-0.15, -0.1) is 0 Å². The molecule has 0 amide bonds. The van der Waals surface area contributed by atoms with Crippen LogP contribution in [0.4, 0.5) is 15.8 Å². The lowest BCUT2D eigenvalue weighted by Crippen LogP contribution is -2.01. The summed E-state index contributed by atoms with van der Waals surface area (Å²) in [6, 6.07) is 7.35. The highest BCUT2D eigenvalue weighted by Gasteiger charge is 2.18. The van der Waals surface area contributed by atoms with Crippen molar-refractivity contribution in [3.63, 3.8) is 0 Å². The molecule has 0 aliphatic rings. The molecule has 3 N–H and O–H groups in total. The minimum atomic E-state index is -1.10. The van der Waals surface area contributed by atoms with Crippen molar-refractivity contribution in [2.24, 2.45) is 0 Å². The number of hydrogen-bond donors (Lipinski definition) is 2. The first-order valence-electron chi connectivity index (χ1n) is 6.09. The topological polar surface area (TPSA) is 116 Å². The number of ether oxygens (including phenoxy) is 1.